The van der Waals surface area contributed by atoms with Crippen molar-refractivity contribution < 1.29 is 9.90 Å². The van der Waals surface area contributed by atoms with Crippen LogP contribution in [0.15, 0.2) is 30.3 Å². The number of carbonyl (C=O) groups excluding carboxylic acids is 1. The lowest BCUT2D eigenvalue weighted by Gasteiger charge is -2.13. The first kappa shape index (κ1) is 11.7. The Balaban J connectivity index is 2.62. The second-order valence-corrected chi connectivity index (χ2v) is 3.41. The van der Waals surface area contributed by atoms with Crippen molar-refractivity contribution in [3.05, 3.63) is 35.9 Å². The van der Waals surface area contributed by atoms with Gasteiger partial charge in [0.1, 0.15) is 0 Å². The third kappa shape index (κ3) is 3.69. The number of carbonyl (C=O) groups is 1. The van der Waals surface area contributed by atoms with Gasteiger partial charge >= 0.3 is 0 Å². The van der Waals surface area contributed by atoms with Crippen LogP contribution in [0, 0.1) is 5.92 Å². The quantitative estimate of drug-likeness (QED) is 0.368. The van der Waals surface area contributed by atoms with Crippen LogP contribution in [0.25, 0.3) is 0 Å². The highest BCUT2D eigenvalue weighted by Gasteiger charge is 2.16. The Hall–Kier alpha value is -1.39. The van der Waals surface area contributed by atoms with Crippen molar-refractivity contribution in [3.8, 4) is 0 Å². The maximum Gasteiger partial charge on any atom is 0.237 e. The maximum atomic E-state index is 11.4. The molecule has 1 aromatic rings. The highest BCUT2D eigenvalue weighted by atomic mass is 16.3. The summed E-state index contributed by atoms with van der Waals surface area (Å²) in [5.74, 6) is 4.59. The van der Waals surface area contributed by atoms with Crippen molar-refractivity contribution in [1.29, 1.82) is 0 Å². The minimum Gasteiger partial charge on any atom is -0.396 e. The van der Waals surface area contributed by atoms with Gasteiger partial charge < -0.3 is 5.11 Å². The molecule has 1 rings (SSSR count). The molecule has 4 nitrogen and oxygen atoms in total. The summed E-state index contributed by atoms with van der Waals surface area (Å²) in [6, 6.07) is 9.67. The van der Waals surface area contributed by atoms with Crippen molar-refractivity contribution in [2.75, 3.05) is 6.61 Å². The zero-order valence-electron chi connectivity index (χ0n) is 8.52. The first-order valence-corrected chi connectivity index (χ1v) is 4.93. The Bertz CT molecular complexity index is 301. The van der Waals surface area contributed by atoms with E-state index in [0.29, 0.717) is 12.8 Å². The second-order valence-electron chi connectivity index (χ2n) is 3.41. The monoisotopic (exact) mass is 208 g/mol. The van der Waals surface area contributed by atoms with E-state index in [4.69, 9.17) is 10.9 Å². The Kier molecular flexibility index (Phi) is 4.80. The van der Waals surface area contributed by atoms with E-state index in [1.165, 1.54) is 0 Å². The van der Waals surface area contributed by atoms with E-state index in [9.17, 15) is 4.79 Å². The van der Waals surface area contributed by atoms with Crippen molar-refractivity contribution >= 4 is 5.91 Å². The second kappa shape index (κ2) is 6.16. The van der Waals surface area contributed by atoms with Crippen LogP contribution in [0.5, 0.6) is 0 Å². The summed E-state index contributed by atoms with van der Waals surface area (Å²) in [4.78, 5) is 11.4. The molecule has 15 heavy (non-hydrogen) atoms. The number of aliphatic hydroxyl groups is 1. The third-order valence-electron chi connectivity index (χ3n) is 2.32. The standard InChI is InChI=1S/C11H16N2O2/c12-13-11(15)10(6-7-14)8-9-4-2-1-3-5-9/h1-5,10,14H,6-8,12H2,(H,13,15). The van der Waals surface area contributed by atoms with Crippen LogP contribution >= 0.6 is 0 Å². The molecule has 0 saturated heterocycles. The average molecular weight is 208 g/mol. The number of amides is 1. The molecule has 82 valence electrons. The molecule has 0 heterocycles. The van der Waals surface area contributed by atoms with Crippen LogP contribution in [-0.2, 0) is 11.2 Å². The molecule has 0 saturated carbocycles. The van der Waals surface area contributed by atoms with E-state index in [0.717, 1.165) is 5.56 Å². The first-order valence-electron chi connectivity index (χ1n) is 4.93. The number of aliphatic hydroxyl groups excluding tert-OH is 1. The van der Waals surface area contributed by atoms with Gasteiger partial charge in [-0.3, -0.25) is 10.2 Å². The SMILES string of the molecule is NNC(=O)C(CCO)Cc1ccccc1. The van der Waals surface area contributed by atoms with Crippen LogP contribution in [0.3, 0.4) is 0 Å². The summed E-state index contributed by atoms with van der Waals surface area (Å²) >= 11 is 0. The maximum absolute atomic E-state index is 11.4. The van der Waals surface area contributed by atoms with Crippen molar-refractivity contribution in [2.24, 2.45) is 11.8 Å². The average Bonchev–Trinajstić information content (AvgIpc) is 2.29. The number of hydrazine groups is 1. The minimum absolute atomic E-state index is 0.00901. The topological polar surface area (TPSA) is 75.3 Å². The van der Waals surface area contributed by atoms with Gasteiger partial charge in [-0.2, -0.15) is 0 Å². The fraction of sp³-hybridized carbons (Fsp3) is 0.364. The molecule has 0 aromatic heterocycles. The predicted molar refractivity (Wildman–Crippen MR) is 57.7 cm³/mol. The van der Waals surface area contributed by atoms with E-state index in [1.807, 2.05) is 30.3 Å². The highest BCUT2D eigenvalue weighted by molar-refractivity contribution is 5.78. The van der Waals surface area contributed by atoms with Gasteiger partial charge in [0.25, 0.3) is 0 Å². The van der Waals surface area contributed by atoms with Crippen LogP contribution in [-0.4, -0.2) is 17.6 Å². The number of rotatable bonds is 5. The predicted octanol–water partition coefficient (Wildman–Crippen LogP) is 0.218. The molecule has 1 unspecified atom stereocenters. The zero-order valence-corrected chi connectivity index (χ0v) is 8.52. The fourth-order valence-electron chi connectivity index (χ4n) is 1.50. The van der Waals surface area contributed by atoms with Gasteiger partial charge in [0.05, 0.1) is 0 Å². The minimum atomic E-state index is -0.262. The van der Waals surface area contributed by atoms with E-state index >= 15 is 0 Å². The fourth-order valence-corrected chi connectivity index (χ4v) is 1.50. The van der Waals surface area contributed by atoms with Gasteiger partial charge in [-0.1, -0.05) is 30.3 Å². The normalized spacial score (nSPS) is 12.1. The molecular weight excluding hydrogens is 192 g/mol. The molecule has 1 atom stereocenters. The van der Waals surface area contributed by atoms with Gasteiger partial charge in [0.2, 0.25) is 5.91 Å². The summed E-state index contributed by atoms with van der Waals surface area (Å²) in [5.41, 5.74) is 3.19. The van der Waals surface area contributed by atoms with Gasteiger partial charge in [0, 0.05) is 12.5 Å². The Labute approximate surface area is 89.1 Å². The third-order valence-corrected chi connectivity index (χ3v) is 2.32. The Morgan fingerprint density at radius 3 is 2.60 bits per heavy atom. The lowest BCUT2D eigenvalue weighted by atomic mass is 9.96. The summed E-state index contributed by atoms with van der Waals surface area (Å²) in [5, 5.41) is 8.84. The number of hydrogen-bond acceptors (Lipinski definition) is 3. The van der Waals surface area contributed by atoms with Gasteiger partial charge in [-0.25, -0.2) is 5.84 Å². The number of hydrogen-bond donors (Lipinski definition) is 3. The molecule has 1 aromatic carbocycles. The molecule has 0 aliphatic carbocycles. The Morgan fingerprint density at radius 1 is 1.40 bits per heavy atom. The van der Waals surface area contributed by atoms with E-state index < -0.39 is 0 Å². The number of nitrogens with one attached hydrogen (secondary N) is 1. The highest BCUT2D eigenvalue weighted by Crippen LogP contribution is 2.11. The van der Waals surface area contributed by atoms with Crippen LogP contribution in [0.2, 0.25) is 0 Å². The molecule has 0 aliphatic heterocycles. The van der Waals surface area contributed by atoms with E-state index in [1.54, 1.807) is 0 Å². The molecule has 0 bridgehead atoms. The van der Waals surface area contributed by atoms with Gasteiger partial charge in [0.15, 0.2) is 0 Å². The molecule has 0 spiro atoms. The molecule has 0 radical (unpaired) electrons. The zero-order chi connectivity index (χ0) is 11.1. The molecular formula is C11H16N2O2. The molecule has 1 amide bonds. The Morgan fingerprint density at radius 2 is 2.07 bits per heavy atom. The van der Waals surface area contributed by atoms with Crippen molar-refractivity contribution in [2.45, 2.75) is 12.8 Å². The first-order chi connectivity index (χ1) is 7.27. The number of benzene rings is 1. The molecule has 4 N–H and O–H groups in total. The van der Waals surface area contributed by atoms with Crippen LogP contribution in [0.1, 0.15) is 12.0 Å². The van der Waals surface area contributed by atoms with E-state index in [2.05, 4.69) is 5.43 Å². The smallest absolute Gasteiger partial charge is 0.237 e. The summed E-state index contributed by atoms with van der Waals surface area (Å²) in [6.07, 6.45) is 1.03. The summed E-state index contributed by atoms with van der Waals surface area (Å²) < 4.78 is 0. The van der Waals surface area contributed by atoms with E-state index in [-0.39, 0.29) is 18.4 Å². The van der Waals surface area contributed by atoms with Crippen molar-refractivity contribution in [1.82, 2.24) is 5.43 Å². The lowest BCUT2D eigenvalue weighted by Crippen LogP contribution is -2.37. The molecule has 4 heteroatoms. The lowest BCUT2D eigenvalue weighted by molar-refractivity contribution is -0.125. The number of nitrogens with two attached hydrogens (primary N) is 1. The summed E-state index contributed by atoms with van der Waals surface area (Å²) in [7, 11) is 0. The largest absolute Gasteiger partial charge is 0.396 e. The molecule has 0 aliphatic rings. The van der Waals surface area contributed by atoms with Crippen molar-refractivity contribution in [3.63, 3.8) is 0 Å². The van der Waals surface area contributed by atoms with Gasteiger partial charge in [-0.05, 0) is 18.4 Å². The van der Waals surface area contributed by atoms with Crippen LogP contribution in [0.4, 0.5) is 0 Å². The molecule has 0 fully saturated rings. The van der Waals surface area contributed by atoms with Crippen LogP contribution < -0.4 is 11.3 Å². The summed E-state index contributed by atoms with van der Waals surface area (Å²) in [6.45, 7) is -0.00901. The van der Waals surface area contributed by atoms with Gasteiger partial charge in [-0.15, -0.1) is 0 Å².